The molecular weight excluding hydrogens is 391 g/mol. The van der Waals surface area contributed by atoms with Gasteiger partial charge in [0.15, 0.2) is 0 Å². The second-order valence-corrected chi connectivity index (χ2v) is 12.7. The molecule has 0 aromatic heterocycles. The minimum absolute atomic E-state index is 0.0411. The van der Waals surface area contributed by atoms with Crippen LogP contribution in [0.4, 0.5) is 0 Å². The molecule has 0 fully saturated rings. The van der Waals surface area contributed by atoms with Crippen LogP contribution in [0.1, 0.15) is 27.7 Å². The van der Waals surface area contributed by atoms with E-state index in [2.05, 4.69) is 72.8 Å². The second-order valence-electron chi connectivity index (χ2n) is 7.56. The van der Waals surface area contributed by atoms with E-state index in [0.29, 0.717) is 0 Å². The lowest BCUT2D eigenvalue weighted by Gasteiger charge is -2.36. The first-order valence-electron chi connectivity index (χ1n) is 10.2. The molecule has 0 amide bonds. The van der Waals surface area contributed by atoms with E-state index in [4.69, 9.17) is 11.1 Å². The summed E-state index contributed by atoms with van der Waals surface area (Å²) in [7, 11) is -2.81. The fourth-order valence-electron chi connectivity index (χ4n) is 3.40. The Hall–Kier alpha value is -1.71. The van der Waals surface area contributed by atoms with E-state index in [1.807, 2.05) is 45.9 Å². The zero-order chi connectivity index (χ0) is 20.7. The topological polar surface area (TPSA) is 27.7 Å². The van der Waals surface area contributed by atoms with Crippen LogP contribution in [-0.2, 0) is 11.1 Å². The van der Waals surface area contributed by atoms with Crippen molar-refractivity contribution in [2.75, 3.05) is 0 Å². The van der Waals surface area contributed by atoms with Crippen molar-refractivity contribution in [1.29, 1.82) is 0 Å². The summed E-state index contributed by atoms with van der Waals surface area (Å²) in [6.07, 6.45) is 0.0823. The number of benzene rings is 3. The van der Waals surface area contributed by atoms with Crippen LogP contribution in [0.5, 0.6) is 0 Å². The molecule has 0 radical (unpaired) electrons. The predicted octanol–water partition coefficient (Wildman–Crippen LogP) is 3.51. The maximum absolute atomic E-state index is 7.05. The molecule has 3 aromatic rings. The van der Waals surface area contributed by atoms with Crippen molar-refractivity contribution in [3.8, 4) is 0 Å². The predicted molar refractivity (Wildman–Crippen MR) is 123 cm³/mol. The largest absolute Gasteiger partial charge is 0.895 e. The van der Waals surface area contributed by atoms with Gasteiger partial charge in [-0.05, 0) is 43.3 Å². The SMILES string of the molecule is CC(C)[O][Al]([O]C(C)C)[O][Si](c1ccccc1)(c1ccccc1)c1ccccc1. The standard InChI is InChI=1S/C18H15OSi.2C3H7O.Al/c19-20(16-10-4-1-5-11-16,17-12-6-2-7-13-17)18-14-8-3-9-15-18;2*1-3(2)4;/h1-15H;2*3H,1-2H3;/q3*-1;+3. The Morgan fingerprint density at radius 2 is 0.862 bits per heavy atom. The Kier molecular flexibility index (Phi) is 7.85. The Labute approximate surface area is 180 Å². The summed E-state index contributed by atoms with van der Waals surface area (Å²) in [6.45, 7) is 8.13. The van der Waals surface area contributed by atoms with E-state index in [9.17, 15) is 0 Å². The minimum Gasteiger partial charge on any atom is -0.489 e. The first-order chi connectivity index (χ1) is 14.0. The molecule has 3 aromatic carbocycles. The lowest BCUT2D eigenvalue weighted by atomic mass is 10.3. The van der Waals surface area contributed by atoms with Gasteiger partial charge in [0.1, 0.15) is 0 Å². The Balaban J connectivity index is 2.21. The van der Waals surface area contributed by atoms with Gasteiger partial charge in [-0.2, -0.15) is 0 Å². The molecule has 0 aliphatic heterocycles. The number of rotatable bonds is 9. The average Bonchev–Trinajstić information content (AvgIpc) is 2.73. The quantitative estimate of drug-likeness (QED) is 0.392. The average molecular weight is 421 g/mol. The van der Waals surface area contributed by atoms with Gasteiger partial charge in [0.25, 0.3) is 8.32 Å². The molecule has 0 spiro atoms. The molecule has 150 valence electrons. The summed E-state index contributed by atoms with van der Waals surface area (Å²) in [5.41, 5.74) is 0. The third-order valence-electron chi connectivity index (χ3n) is 4.58. The molecule has 29 heavy (non-hydrogen) atoms. The molecule has 0 saturated heterocycles. The van der Waals surface area contributed by atoms with Crippen molar-refractivity contribution < 1.29 is 11.1 Å². The molecule has 0 unspecified atom stereocenters. The molecule has 0 aliphatic rings. The smallest absolute Gasteiger partial charge is 0.489 e. The van der Waals surface area contributed by atoms with Crippen molar-refractivity contribution in [1.82, 2.24) is 0 Å². The van der Waals surface area contributed by atoms with Crippen LogP contribution in [0.2, 0.25) is 0 Å². The highest BCUT2D eigenvalue weighted by molar-refractivity contribution is 7.09. The summed E-state index contributed by atoms with van der Waals surface area (Å²) in [5, 5.41) is 3.57. The third-order valence-corrected chi connectivity index (χ3v) is 11.7. The van der Waals surface area contributed by atoms with Crippen molar-refractivity contribution in [3.63, 3.8) is 0 Å². The number of hydrogen-bond donors (Lipinski definition) is 0. The molecule has 3 nitrogen and oxygen atoms in total. The van der Waals surface area contributed by atoms with E-state index in [-0.39, 0.29) is 12.2 Å². The van der Waals surface area contributed by atoms with Gasteiger partial charge in [0, 0.05) is 12.2 Å². The van der Waals surface area contributed by atoms with E-state index < -0.39 is 23.5 Å². The van der Waals surface area contributed by atoms with Crippen LogP contribution < -0.4 is 15.6 Å². The Bertz CT molecular complexity index is 750. The summed E-state index contributed by atoms with van der Waals surface area (Å²) in [4.78, 5) is 0. The van der Waals surface area contributed by atoms with Crippen LogP contribution >= 0.6 is 0 Å². The summed E-state index contributed by atoms with van der Waals surface area (Å²) >= 11 is -2.42. The van der Waals surface area contributed by atoms with Gasteiger partial charge in [-0.3, -0.25) is 0 Å². The number of hydrogen-bond acceptors (Lipinski definition) is 3. The third kappa shape index (κ3) is 5.46. The van der Waals surface area contributed by atoms with Gasteiger partial charge in [-0.1, -0.05) is 91.0 Å². The van der Waals surface area contributed by atoms with Crippen LogP contribution in [0.25, 0.3) is 0 Å². The maximum Gasteiger partial charge on any atom is 0.895 e. The highest BCUT2D eigenvalue weighted by Crippen LogP contribution is 2.14. The zero-order valence-electron chi connectivity index (χ0n) is 17.6. The van der Waals surface area contributed by atoms with E-state index in [1.165, 1.54) is 15.6 Å². The van der Waals surface area contributed by atoms with Crippen molar-refractivity contribution in [2.24, 2.45) is 0 Å². The fourth-order valence-corrected chi connectivity index (χ4v) is 10.6. The summed E-state index contributed by atoms with van der Waals surface area (Å²) in [6, 6.07) is 31.6. The first kappa shape index (κ1) is 22.0. The minimum atomic E-state index is -2.81. The van der Waals surface area contributed by atoms with E-state index >= 15 is 0 Å². The molecular formula is C24H29AlO3Si. The molecule has 0 heterocycles. The van der Waals surface area contributed by atoms with E-state index in [0.717, 1.165) is 0 Å². The zero-order valence-corrected chi connectivity index (χ0v) is 19.8. The van der Waals surface area contributed by atoms with Crippen molar-refractivity contribution in [2.45, 2.75) is 39.9 Å². The van der Waals surface area contributed by atoms with Gasteiger partial charge in [0.2, 0.25) is 0 Å². The molecule has 0 saturated carbocycles. The molecule has 0 bridgehead atoms. The molecule has 5 heteroatoms. The second kappa shape index (κ2) is 10.4. The molecule has 0 aliphatic carbocycles. The van der Waals surface area contributed by atoms with Crippen LogP contribution in [0.15, 0.2) is 91.0 Å². The van der Waals surface area contributed by atoms with Gasteiger partial charge in [0.05, 0.1) is 0 Å². The monoisotopic (exact) mass is 420 g/mol. The van der Waals surface area contributed by atoms with Crippen LogP contribution in [-0.4, -0.2) is 35.7 Å². The summed E-state index contributed by atoms with van der Waals surface area (Å²) < 4.78 is 19.5. The van der Waals surface area contributed by atoms with Gasteiger partial charge >= 0.3 is 15.1 Å². The molecule has 3 rings (SSSR count). The van der Waals surface area contributed by atoms with Gasteiger partial charge in [-0.15, -0.1) is 0 Å². The molecule has 0 atom stereocenters. The lowest BCUT2D eigenvalue weighted by Crippen LogP contribution is -2.71. The van der Waals surface area contributed by atoms with Gasteiger partial charge < -0.3 is 11.1 Å². The lowest BCUT2D eigenvalue weighted by molar-refractivity contribution is 0.0846. The Morgan fingerprint density at radius 1 is 0.552 bits per heavy atom. The van der Waals surface area contributed by atoms with Gasteiger partial charge in [-0.25, -0.2) is 0 Å². The maximum atomic E-state index is 7.05. The van der Waals surface area contributed by atoms with Crippen LogP contribution in [0, 0.1) is 0 Å². The highest BCUT2D eigenvalue weighted by atomic mass is 28.4. The normalized spacial score (nSPS) is 11.8. The summed E-state index contributed by atoms with van der Waals surface area (Å²) in [5.74, 6) is 0. The van der Waals surface area contributed by atoms with E-state index in [1.54, 1.807) is 0 Å². The molecule has 0 N–H and O–H groups in total. The van der Waals surface area contributed by atoms with Crippen molar-refractivity contribution >= 4 is 39.0 Å². The van der Waals surface area contributed by atoms with Crippen molar-refractivity contribution in [3.05, 3.63) is 91.0 Å². The Morgan fingerprint density at radius 3 is 1.14 bits per heavy atom. The first-order valence-corrected chi connectivity index (χ1v) is 13.5. The fraction of sp³-hybridized carbons (Fsp3) is 0.250. The van der Waals surface area contributed by atoms with Crippen LogP contribution in [0.3, 0.4) is 0 Å². The highest BCUT2D eigenvalue weighted by Gasteiger charge is 2.49.